The summed E-state index contributed by atoms with van der Waals surface area (Å²) in [4.78, 5) is 25.5. The van der Waals surface area contributed by atoms with E-state index in [1.807, 2.05) is 0 Å². The number of rotatable bonds is 4. The van der Waals surface area contributed by atoms with E-state index in [9.17, 15) is 14.7 Å². The Labute approximate surface area is 153 Å². The van der Waals surface area contributed by atoms with E-state index in [1.165, 1.54) is 0 Å². The Balaban J connectivity index is 2.42. The van der Waals surface area contributed by atoms with Gasteiger partial charge in [-0.3, -0.25) is 9.69 Å². The molecular formula is C15H13Cl2NO3S2. The molecule has 1 amide bonds. The van der Waals surface area contributed by atoms with Gasteiger partial charge in [0.1, 0.15) is 10.4 Å². The van der Waals surface area contributed by atoms with E-state index in [0.29, 0.717) is 20.5 Å². The first-order chi connectivity index (χ1) is 10.7. The summed E-state index contributed by atoms with van der Waals surface area (Å²) in [5, 5.41) is 10.2. The van der Waals surface area contributed by atoms with Crippen molar-refractivity contribution in [1.82, 2.24) is 4.90 Å². The summed E-state index contributed by atoms with van der Waals surface area (Å²) >= 11 is 18.4. The summed E-state index contributed by atoms with van der Waals surface area (Å²) in [7, 11) is 0. The number of benzene rings is 1. The van der Waals surface area contributed by atoms with Crippen molar-refractivity contribution in [2.45, 2.75) is 19.9 Å². The van der Waals surface area contributed by atoms with E-state index in [4.69, 9.17) is 35.4 Å². The predicted molar refractivity (Wildman–Crippen MR) is 97.7 cm³/mol. The minimum Gasteiger partial charge on any atom is -0.480 e. The number of aliphatic carboxylic acids is 1. The van der Waals surface area contributed by atoms with E-state index >= 15 is 0 Å². The quantitative estimate of drug-likeness (QED) is 0.614. The molecule has 0 bridgehead atoms. The number of nitrogens with zero attached hydrogens (tertiary/aromatic N) is 1. The number of amides is 1. The zero-order valence-electron chi connectivity index (χ0n) is 12.2. The molecule has 122 valence electrons. The van der Waals surface area contributed by atoms with Crippen molar-refractivity contribution in [2.24, 2.45) is 5.92 Å². The summed E-state index contributed by atoms with van der Waals surface area (Å²) in [6.45, 7) is 3.46. The lowest BCUT2D eigenvalue weighted by molar-refractivity contribution is -0.146. The number of carbonyl (C=O) groups excluding carboxylic acids is 1. The largest absolute Gasteiger partial charge is 0.480 e. The highest BCUT2D eigenvalue weighted by Crippen LogP contribution is 2.37. The zero-order valence-corrected chi connectivity index (χ0v) is 15.4. The molecule has 1 saturated heterocycles. The number of halogens is 2. The minimum absolute atomic E-state index is 0.213. The molecule has 0 spiro atoms. The van der Waals surface area contributed by atoms with Crippen LogP contribution in [0.2, 0.25) is 10.0 Å². The van der Waals surface area contributed by atoms with Crippen molar-refractivity contribution in [3.63, 3.8) is 0 Å². The lowest BCUT2D eigenvalue weighted by atomic mass is 10.0. The molecule has 0 aromatic heterocycles. The molecule has 1 fully saturated rings. The van der Waals surface area contributed by atoms with Gasteiger partial charge in [0.05, 0.1) is 4.91 Å². The van der Waals surface area contributed by atoms with Crippen molar-refractivity contribution in [3.05, 3.63) is 38.7 Å². The average Bonchev–Trinajstić information content (AvgIpc) is 2.70. The van der Waals surface area contributed by atoms with E-state index in [2.05, 4.69) is 0 Å². The molecule has 0 aliphatic carbocycles. The second-order valence-corrected chi connectivity index (χ2v) is 7.70. The highest BCUT2D eigenvalue weighted by atomic mass is 35.5. The molecule has 1 heterocycles. The fourth-order valence-electron chi connectivity index (χ4n) is 2.19. The van der Waals surface area contributed by atoms with Crippen molar-refractivity contribution < 1.29 is 14.7 Å². The average molecular weight is 390 g/mol. The fraction of sp³-hybridized carbons (Fsp3) is 0.267. The molecule has 1 atom stereocenters. The van der Waals surface area contributed by atoms with Crippen molar-refractivity contribution in [2.75, 3.05) is 0 Å². The van der Waals surface area contributed by atoms with Crippen molar-refractivity contribution >= 4 is 69.5 Å². The van der Waals surface area contributed by atoms with Crippen LogP contribution in [0.3, 0.4) is 0 Å². The lowest BCUT2D eigenvalue weighted by Crippen LogP contribution is -2.47. The van der Waals surface area contributed by atoms with E-state index in [-0.39, 0.29) is 10.2 Å². The Bertz CT molecular complexity index is 698. The van der Waals surface area contributed by atoms with Crippen LogP contribution in [0.1, 0.15) is 19.4 Å². The Morgan fingerprint density at radius 1 is 1.35 bits per heavy atom. The molecule has 1 aliphatic heterocycles. The van der Waals surface area contributed by atoms with Gasteiger partial charge in [-0.2, -0.15) is 0 Å². The third-order valence-corrected chi connectivity index (χ3v) is 5.25. The molecule has 1 unspecified atom stereocenters. The van der Waals surface area contributed by atoms with Gasteiger partial charge in [-0.05, 0) is 24.1 Å². The molecule has 1 aromatic rings. The molecule has 1 aliphatic rings. The number of hydrogen-bond acceptors (Lipinski definition) is 4. The molecule has 8 heteroatoms. The van der Waals surface area contributed by atoms with Gasteiger partial charge < -0.3 is 5.11 Å². The van der Waals surface area contributed by atoms with Gasteiger partial charge in [0.2, 0.25) is 0 Å². The summed E-state index contributed by atoms with van der Waals surface area (Å²) < 4.78 is 0.213. The van der Waals surface area contributed by atoms with Crippen LogP contribution in [0.25, 0.3) is 6.08 Å². The molecule has 1 N–H and O–H groups in total. The molecule has 0 saturated carbocycles. The second-order valence-electron chi connectivity index (χ2n) is 5.21. The fourth-order valence-corrected chi connectivity index (χ4v) is 4.01. The van der Waals surface area contributed by atoms with Crippen molar-refractivity contribution in [3.8, 4) is 0 Å². The normalized spacial score (nSPS) is 18.1. The Kier molecular flexibility index (Phi) is 5.73. The Morgan fingerprint density at radius 3 is 2.39 bits per heavy atom. The lowest BCUT2D eigenvalue weighted by Gasteiger charge is -2.26. The molecule has 0 radical (unpaired) electrons. The molecule has 23 heavy (non-hydrogen) atoms. The van der Waals surface area contributed by atoms with Gasteiger partial charge in [-0.1, -0.05) is 67.1 Å². The van der Waals surface area contributed by atoms with Gasteiger partial charge in [-0.25, -0.2) is 4.79 Å². The third-order valence-electron chi connectivity index (χ3n) is 3.26. The van der Waals surface area contributed by atoms with Crippen LogP contribution in [0.4, 0.5) is 0 Å². The third kappa shape index (κ3) is 3.71. The van der Waals surface area contributed by atoms with Crippen LogP contribution in [-0.2, 0) is 9.59 Å². The van der Waals surface area contributed by atoms with Crippen LogP contribution in [0.5, 0.6) is 0 Å². The zero-order chi connectivity index (χ0) is 17.3. The standard InChI is InChI=1S/C15H13Cl2NO3S2/c1-7(2)12(14(20)21)18-13(19)11(23-15(18)22)6-8-9(16)4-3-5-10(8)17/h3-7,12H,1-2H3,(H,20,21). The molecule has 2 rings (SSSR count). The molecule has 4 nitrogen and oxygen atoms in total. The van der Waals surface area contributed by atoms with Crippen LogP contribution >= 0.6 is 47.2 Å². The summed E-state index contributed by atoms with van der Waals surface area (Å²) in [5.41, 5.74) is 0.507. The maximum atomic E-state index is 12.6. The number of thioether (sulfide) groups is 1. The highest BCUT2D eigenvalue weighted by molar-refractivity contribution is 8.26. The first kappa shape index (κ1) is 18.3. The van der Waals surface area contributed by atoms with Gasteiger partial charge in [0.15, 0.2) is 0 Å². The summed E-state index contributed by atoms with van der Waals surface area (Å²) in [6, 6.07) is 4.02. The van der Waals surface area contributed by atoms with Gasteiger partial charge in [0.25, 0.3) is 5.91 Å². The monoisotopic (exact) mass is 389 g/mol. The number of thiocarbonyl (C=S) groups is 1. The smallest absolute Gasteiger partial charge is 0.327 e. The van der Waals surface area contributed by atoms with Crippen LogP contribution in [-0.4, -0.2) is 32.2 Å². The van der Waals surface area contributed by atoms with Crippen molar-refractivity contribution in [1.29, 1.82) is 0 Å². The van der Waals surface area contributed by atoms with Crippen LogP contribution < -0.4 is 0 Å². The van der Waals surface area contributed by atoms with E-state index in [0.717, 1.165) is 16.7 Å². The van der Waals surface area contributed by atoms with Gasteiger partial charge >= 0.3 is 5.97 Å². The Hall–Kier alpha value is -1.08. The topological polar surface area (TPSA) is 57.6 Å². The number of carboxylic acids is 1. The van der Waals surface area contributed by atoms with E-state index < -0.39 is 17.9 Å². The SMILES string of the molecule is CC(C)C(C(=O)O)N1C(=O)C(=Cc2c(Cl)cccc2Cl)SC1=S. The Morgan fingerprint density at radius 2 is 1.91 bits per heavy atom. The second kappa shape index (κ2) is 7.21. The first-order valence-electron chi connectivity index (χ1n) is 6.68. The molecule has 1 aromatic carbocycles. The number of hydrogen-bond donors (Lipinski definition) is 1. The highest BCUT2D eigenvalue weighted by Gasteiger charge is 2.41. The van der Waals surface area contributed by atoms with Crippen LogP contribution in [0, 0.1) is 5.92 Å². The molecular weight excluding hydrogens is 377 g/mol. The number of carbonyl (C=O) groups is 2. The summed E-state index contributed by atoms with van der Waals surface area (Å²) in [5.74, 6) is -1.82. The predicted octanol–water partition coefficient (Wildman–Crippen LogP) is 4.30. The maximum absolute atomic E-state index is 12.6. The van der Waals surface area contributed by atoms with Gasteiger partial charge in [0, 0.05) is 15.6 Å². The summed E-state index contributed by atoms with van der Waals surface area (Å²) in [6.07, 6.45) is 1.54. The van der Waals surface area contributed by atoms with Crippen LogP contribution in [0.15, 0.2) is 23.1 Å². The number of carboxylic acid groups (broad SMARTS) is 1. The van der Waals surface area contributed by atoms with E-state index in [1.54, 1.807) is 38.1 Å². The first-order valence-corrected chi connectivity index (χ1v) is 8.66. The minimum atomic E-state index is -1.09. The van der Waals surface area contributed by atoms with Gasteiger partial charge in [-0.15, -0.1) is 0 Å². The maximum Gasteiger partial charge on any atom is 0.327 e.